The van der Waals surface area contributed by atoms with Crippen LogP contribution in [0.2, 0.25) is 0 Å². The molecule has 0 heterocycles. The van der Waals surface area contributed by atoms with E-state index in [-0.39, 0.29) is 24.0 Å². The van der Waals surface area contributed by atoms with E-state index in [1.54, 1.807) is 7.05 Å². The van der Waals surface area contributed by atoms with Crippen molar-refractivity contribution >= 4 is 29.9 Å². The number of rotatable bonds is 8. The molecule has 0 amide bonds. The number of halogens is 1. The number of nitrogens with one attached hydrogen (secondary N) is 2. The van der Waals surface area contributed by atoms with Gasteiger partial charge >= 0.3 is 0 Å². The fourth-order valence-electron chi connectivity index (χ4n) is 1.34. The van der Waals surface area contributed by atoms with Crippen LogP contribution in [0.25, 0.3) is 0 Å². The van der Waals surface area contributed by atoms with Gasteiger partial charge in [-0.2, -0.15) is 0 Å². The van der Waals surface area contributed by atoms with Gasteiger partial charge in [0.15, 0.2) is 5.96 Å². The van der Waals surface area contributed by atoms with Crippen molar-refractivity contribution in [3.05, 3.63) is 12.7 Å². The van der Waals surface area contributed by atoms with E-state index in [0.717, 1.165) is 32.0 Å². The van der Waals surface area contributed by atoms with Gasteiger partial charge in [-0.15, -0.1) is 30.6 Å². The molecule has 2 N–H and O–H groups in total. The van der Waals surface area contributed by atoms with Crippen LogP contribution >= 0.6 is 24.0 Å². The Labute approximate surface area is 129 Å². The number of hydrogen-bond acceptors (Lipinski definition) is 2. The van der Waals surface area contributed by atoms with Crippen LogP contribution in [0.5, 0.6) is 0 Å². The fraction of sp³-hybridized carbons (Fsp3) is 0.769. The Kier molecular flexibility index (Phi) is 14.6. The molecule has 0 aliphatic carbocycles. The van der Waals surface area contributed by atoms with E-state index in [1.165, 1.54) is 6.42 Å². The second-order valence-corrected chi connectivity index (χ2v) is 4.45. The maximum atomic E-state index is 4.12. The standard InChI is InChI=1S/C13H28N4.HI/c1-6-9-15-13(14-4)16-10-7-8-11-17(5)12(2)3;/h6,12H,1,7-11H2,2-5H3,(H2,14,15,16);1H. The van der Waals surface area contributed by atoms with E-state index < -0.39 is 0 Å². The lowest BCUT2D eigenvalue weighted by Crippen LogP contribution is -2.38. The minimum absolute atomic E-state index is 0. The highest BCUT2D eigenvalue weighted by molar-refractivity contribution is 14.0. The van der Waals surface area contributed by atoms with Gasteiger partial charge in [0.05, 0.1) is 0 Å². The van der Waals surface area contributed by atoms with Gasteiger partial charge in [-0.05, 0) is 40.3 Å². The van der Waals surface area contributed by atoms with Crippen LogP contribution in [-0.4, -0.2) is 50.6 Å². The molecule has 0 bridgehead atoms. The van der Waals surface area contributed by atoms with Crippen molar-refractivity contribution < 1.29 is 0 Å². The first-order chi connectivity index (χ1) is 8.11. The van der Waals surface area contributed by atoms with E-state index >= 15 is 0 Å². The van der Waals surface area contributed by atoms with Crippen LogP contribution in [0, 0.1) is 0 Å². The van der Waals surface area contributed by atoms with Crippen LogP contribution < -0.4 is 10.6 Å². The summed E-state index contributed by atoms with van der Waals surface area (Å²) in [6.45, 7) is 11.0. The molecule has 0 saturated carbocycles. The monoisotopic (exact) mass is 368 g/mol. The summed E-state index contributed by atoms with van der Waals surface area (Å²) < 4.78 is 0. The van der Waals surface area contributed by atoms with Crippen LogP contribution in [-0.2, 0) is 0 Å². The summed E-state index contributed by atoms with van der Waals surface area (Å²) >= 11 is 0. The van der Waals surface area contributed by atoms with Gasteiger partial charge in [-0.25, -0.2) is 0 Å². The third-order valence-electron chi connectivity index (χ3n) is 2.75. The van der Waals surface area contributed by atoms with E-state index in [4.69, 9.17) is 0 Å². The minimum atomic E-state index is 0. The molecule has 0 aromatic rings. The summed E-state index contributed by atoms with van der Waals surface area (Å²) in [5.41, 5.74) is 0. The van der Waals surface area contributed by atoms with Crippen molar-refractivity contribution in [3.63, 3.8) is 0 Å². The lowest BCUT2D eigenvalue weighted by atomic mass is 10.2. The molecule has 0 spiro atoms. The van der Waals surface area contributed by atoms with Gasteiger partial charge in [-0.3, -0.25) is 4.99 Å². The van der Waals surface area contributed by atoms with Crippen molar-refractivity contribution in [2.45, 2.75) is 32.7 Å². The summed E-state index contributed by atoms with van der Waals surface area (Å²) in [6.07, 6.45) is 4.19. The molecule has 0 aromatic carbocycles. The molecule has 0 rings (SSSR count). The van der Waals surface area contributed by atoms with Gasteiger partial charge < -0.3 is 15.5 Å². The molecular weight excluding hydrogens is 339 g/mol. The summed E-state index contributed by atoms with van der Waals surface area (Å²) in [5, 5.41) is 6.43. The Bertz CT molecular complexity index is 229. The van der Waals surface area contributed by atoms with Crippen LogP contribution in [0.15, 0.2) is 17.6 Å². The first-order valence-electron chi connectivity index (χ1n) is 6.37. The number of hydrogen-bond donors (Lipinski definition) is 2. The first-order valence-corrected chi connectivity index (χ1v) is 6.37. The highest BCUT2D eigenvalue weighted by atomic mass is 127. The normalized spacial score (nSPS) is 11.3. The van der Waals surface area contributed by atoms with Crippen LogP contribution in [0.1, 0.15) is 26.7 Å². The topological polar surface area (TPSA) is 39.7 Å². The molecule has 0 unspecified atom stereocenters. The molecule has 0 fully saturated rings. The summed E-state index contributed by atoms with van der Waals surface area (Å²) in [6, 6.07) is 0.630. The van der Waals surface area contributed by atoms with E-state index in [2.05, 4.69) is 48.0 Å². The van der Waals surface area contributed by atoms with Gasteiger partial charge in [0, 0.05) is 26.2 Å². The number of unbranched alkanes of at least 4 members (excludes halogenated alkanes) is 1. The average molecular weight is 368 g/mol. The van der Waals surface area contributed by atoms with Crippen molar-refractivity contribution in [2.75, 3.05) is 33.7 Å². The van der Waals surface area contributed by atoms with Crippen molar-refractivity contribution in [1.82, 2.24) is 15.5 Å². The zero-order chi connectivity index (χ0) is 13.1. The van der Waals surface area contributed by atoms with E-state index in [9.17, 15) is 0 Å². The molecule has 0 aliphatic heterocycles. The SMILES string of the molecule is C=CCNC(=NC)NCCCCN(C)C(C)C.I. The highest BCUT2D eigenvalue weighted by Crippen LogP contribution is 1.97. The predicted octanol–water partition coefficient (Wildman–Crippen LogP) is 2.08. The number of nitrogens with zero attached hydrogens (tertiary/aromatic N) is 2. The van der Waals surface area contributed by atoms with E-state index in [1.807, 2.05) is 6.08 Å². The fourth-order valence-corrected chi connectivity index (χ4v) is 1.34. The zero-order valence-electron chi connectivity index (χ0n) is 12.2. The summed E-state index contributed by atoms with van der Waals surface area (Å²) in [4.78, 5) is 6.49. The maximum absolute atomic E-state index is 4.12. The Morgan fingerprint density at radius 2 is 2.00 bits per heavy atom. The molecule has 4 nitrogen and oxygen atoms in total. The predicted molar refractivity (Wildman–Crippen MR) is 92.0 cm³/mol. The number of aliphatic imine (C=N–C) groups is 1. The Hall–Kier alpha value is -0.300. The second kappa shape index (κ2) is 13.1. The van der Waals surface area contributed by atoms with Gasteiger partial charge in [0.2, 0.25) is 0 Å². The minimum Gasteiger partial charge on any atom is -0.356 e. The molecular formula is C13H29IN4. The van der Waals surface area contributed by atoms with Gasteiger partial charge in [-0.1, -0.05) is 6.08 Å². The molecule has 0 aromatic heterocycles. The quantitative estimate of drug-likeness (QED) is 0.227. The second-order valence-electron chi connectivity index (χ2n) is 4.45. The Morgan fingerprint density at radius 1 is 1.33 bits per heavy atom. The van der Waals surface area contributed by atoms with Crippen molar-refractivity contribution in [1.29, 1.82) is 0 Å². The molecule has 0 radical (unpaired) electrons. The summed E-state index contributed by atoms with van der Waals surface area (Å²) in [5.74, 6) is 0.849. The lowest BCUT2D eigenvalue weighted by molar-refractivity contribution is 0.268. The molecule has 18 heavy (non-hydrogen) atoms. The molecule has 0 aliphatic rings. The van der Waals surface area contributed by atoms with Gasteiger partial charge in [0.1, 0.15) is 0 Å². The Balaban J connectivity index is 0. The third-order valence-corrected chi connectivity index (χ3v) is 2.75. The first kappa shape index (κ1) is 20.0. The number of guanidine groups is 1. The van der Waals surface area contributed by atoms with E-state index in [0.29, 0.717) is 6.04 Å². The average Bonchev–Trinajstić information content (AvgIpc) is 2.32. The summed E-state index contributed by atoms with van der Waals surface area (Å²) in [7, 11) is 3.95. The molecule has 0 atom stereocenters. The largest absolute Gasteiger partial charge is 0.356 e. The Morgan fingerprint density at radius 3 is 2.50 bits per heavy atom. The van der Waals surface area contributed by atoms with Crippen molar-refractivity contribution in [2.24, 2.45) is 4.99 Å². The van der Waals surface area contributed by atoms with Crippen LogP contribution in [0.3, 0.4) is 0 Å². The molecule has 0 saturated heterocycles. The highest BCUT2D eigenvalue weighted by Gasteiger charge is 2.01. The van der Waals surface area contributed by atoms with Crippen LogP contribution in [0.4, 0.5) is 0 Å². The maximum Gasteiger partial charge on any atom is 0.191 e. The zero-order valence-corrected chi connectivity index (χ0v) is 14.5. The third kappa shape index (κ3) is 10.8. The van der Waals surface area contributed by atoms with Crippen molar-refractivity contribution in [3.8, 4) is 0 Å². The lowest BCUT2D eigenvalue weighted by Gasteiger charge is -2.20. The van der Waals surface area contributed by atoms with Gasteiger partial charge in [0.25, 0.3) is 0 Å². The molecule has 108 valence electrons. The molecule has 5 heteroatoms. The smallest absolute Gasteiger partial charge is 0.191 e.